The molecule has 0 unspecified atom stereocenters. The molecule has 8 heteroatoms. The second-order valence-electron chi connectivity index (χ2n) is 7.54. The third-order valence-corrected chi connectivity index (χ3v) is 5.15. The molecule has 0 bridgehead atoms. The number of rotatable bonds is 8. The maximum Gasteiger partial charge on any atom is 0.320 e. The number of aromatic nitrogens is 3. The summed E-state index contributed by atoms with van der Waals surface area (Å²) in [4.78, 5) is 23.8. The number of hydrogen-bond acceptors (Lipinski definition) is 7. The Balaban J connectivity index is 1.42. The predicted octanol–water partition coefficient (Wildman–Crippen LogP) is 2.88. The molecule has 1 aromatic heterocycles. The van der Waals surface area contributed by atoms with Crippen LogP contribution in [0.15, 0.2) is 66.7 Å². The van der Waals surface area contributed by atoms with E-state index in [0.717, 1.165) is 17.5 Å². The van der Waals surface area contributed by atoms with Crippen LogP contribution < -0.4 is 16.8 Å². The second kappa shape index (κ2) is 9.40. The third-order valence-electron chi connectivity index (χ3n) is 5.15. The maximum atomic E-state index is 10.9. The lowest BCUT2D eigenvalue weighted by Crippen LogP contribution is -2.32. The molecule has 4 rings (SSSR count). The summed E-state index contributed by atoms with van der Waals surface area (Å²) in [5.41, 5.74) is 14.3. The average molecular weight is 428 g/mol. The topological polar surface area (TPSA) is 140 Å². The molecule has 6 N–H and O–H groups in total. The van der Waals surface area contributed by atoms with E-state index in [9.17, 15) is 4.79 Å². The minimum atomic E-state index is -1.03. The SMILES string of the molecule is Nc1nc(NCCc2ccc3ccccc3c2)nc(-c2ccc(C[C@H](N)C(=O)O)cc2)n1. The predicted molar refractivity (Wildman–Crippen MR) is 125 cm³/mol. The lowest BCUT2D eigenvalue weighted by atomic mass is 10.0. The molecule has 0 saturated heterocycles. The van der Waals surface area contributed by atoms with Crippen molar-refractivity contribution in [1.29, 1.82) is 0 Å². The van der Waals surface area contributed by atoms with Crippen molar-refractivity contribution < 1.29 is 9.90 Å². The average Bonchev–Trinajstić information content (AvgIpc) is 2.79. The number of hydrogen-bond donors (Lipinski definition) is 4. The van der Waals surface area contributed by atoms with E-state index in [1.54, 1.807) is 0 Å². The van der Waals surface area contributed by atoms with Crippen LogP contribution in [0.4, 0.5) is 11.9 Å². The number of nitrogens with one attached hydrogen (secondary N) is 1. The molecule has 0 fully saturated rings. The fraction of sp³-hybridized carbons (Fsp3) is 0.167. The van der Waals surface area contributed by atoms with E-state index in [-0.39, 0.29) is 12.4 Å². The fourth-order valence-corrected chi connectivity index (χ4v) is 3.44. The monoisotopic (exact) mass is 428 g/mol. The van der Waals surface area contributed by atoms with E-state index in [1.807, 2.05) is 36.4 Å². The van der Waals surface area contributed by atoms with Crippen LogP contribution in [0.2, 0.25) is 0 Å². The Kier molecular flexibility index (Phi) is 6.23. The lowest BCUT2D eigenvalue weighted by molar-refractivity contribution is -0.138. The maximum absolute atomic E-state index is 10.9. The smallest absolute Gasteiger partial charge is 0.320 e. The largest absolute Gasteiger partial charge is 0.480 e. The van der Waals surface area contributed by atoms with Gasteiger partial charge in [-0.25, -0.2) is 0 Å². The summed E-state index contributed by atoms with van der Waals surface area (Å²) in [5.74, 6) is -0.0519. The lowest BCUT2D eigenvalue weighted by Gasteiger charge is -2.09. The molecule has 4 aromatic rings. The Morgan fingerprint density at radius 3 is 2.41 bits per heavy atom. The molecule has 162 valence electrons. The summed E-state index contributed by atoms with van der Waals surface area (Å²) in [7, 11) is 0. The molecule has 32 heavy (non-hydrogen) atoms. The minimum absolute atomic E-state index is 0.125. The molecule has 0 saturated carbocycles. The van der Waals surface area contributed by atoms with Gasteiger partial charge in [0.15, 0.2) is 5.82 Å². The quantitative estimate of drug-likeness (QED) is 0.336. The minimum Gasteiger partial charge on any atom is -0.480 e. The number of benzene rings is 3. The molecular weight excluding hydrogens is 404 g/mol. The summed E-state index contributed by atoms with van der Waals surface area (Å²) in [6.45, 7) is 0.646. The second-order valence-corrected chi connectivity index (χ2v) is 7.54. The zero-order valence-corrected chi connectivity index (χ0v) is 17.4. The first-order valence-electron chi connectivity index (χ1n) is 10.3. The molecule has 0 aliphatic carbocycles. The Hall–Kier alpha value is -4.04. The number of nitrogen functional groups attached to an aromatic ring is 1. The van der Waals surface area contributed by atoms with Crippen molar-refractivity contribution >= 4 is 28.6 Å². The molecule has 0 amide bonds. The van der Waals surface area contributed by atoms with Gasteiger partial charge in [-0.1, -0.05) is 66.7 Å². The highest BCUT2D eigenvalue weighted by Crippen LogP contribution is 2.19. The first kappa shape index (κ1) is 21.2. The number of aliphatic carboxylic acids is 1. The van der Waals surface area contributed by atoms with Crippen molar-refractivity contribution in [3.63, 3.8) is 0 Å². The van der Waals surface area contributed by atoms with Gasteiger partial charge in [0.2, 0.25) is 11.9 Å². The van der Waals surface area contributed by atoms with E-state index in [4.69, 9.17) is 16.6 Å². The van der Waals surface area contributed by atoms with Gasteiger partial charge in [-0.05, 0) is 34.7 Å². The van der Waals surface area contributed by atoms with Gasteiger partial charge in [0, 0.05) is 12.1 Å². The summed E-state index contributed by atoms with van der Waals surface area (Å²) >= 11 is 0. The van der Waals surface area contributed by atoms with Crippen molar-refractivity contribution in [2.75, 3.05) is 17.6 Å². The van der Waals surface area contributed by atoms with Crippen LogP contribution in [-0.2, 0) is 17.6 Å². The van der Waals surface area contributed by atoms with Crippen LogP contribution >= 0.6 is 0 Å². The molecule has 3 aromatic carbocycles. The highest BCUT2D eigenvalue weighted by molar-refractivity contribution is 5.83. The normalized spacial score (nSPS) is 11.9. The van der Waals surface area contributed by atoms with Gasteiger partial charge in [0.05, 0.1) is 0 Å². The van der Waals surface area contributed by atoms with Crippen LogP contribution in [0.3, 0.4) is 0 Å². The van der Waals surface area contributed by atoms with E-state index in [1.165, 1.54) is 16.3 Å². The Labute approximate surface area is 185 Å². The van der Waals surface area contributed by atoms with Gasteiger partial charge in [-0.2, -0.15) is 15.0 Å². The van der Waals surface area contributed by atoms with Crippen molar-refractivity contribution in [2.24, 2.45) is 5.73 Å². The summed E-state index contributed by atoms with van der Waals surface area (Å²) in [5, 5.41) is 14.6. The number of anilines is 2. The van der Waals surface area contributed by atoms with Crippen LogP contribution in [0.25, 0.3) is 22.2 Å². The first-order chi connectivity index (χ1) is 15.5. The number of nitrogens with zero attached hydrogens (tertiary/aromatic N) is 3. The summed E-state index contributed by atoms with van der Waals surface area (Å²) < 4.78 is 0. The highest BCUT2D eigenvalue weighted by Gasteiger charge is 2.13. The van der Waals surface area contributed by atoms with Gasteiger partial charge in [-0.15, -0.1) is 0 Å². The number of carboxylic acid groups (broad SMARTS) is 1. The van der Waals surface area contributed by atoms with Gasteiger partial charge in [0.1, 0.15) is 6.04 Å². The summed E-state index contributed by atoms with van der Waals surface area (Å²) in [6.07, 6.45) is 1.06. The van der Waals surface area contributed by atoms with E-state index < -0.39 is 12.0 Å². The number of nitrogens with two attached hydrogens (primary N) is 2. The standard InChI is InChI=1S/C24H24N6O2/c25-20(22(31)32)14-15-6-9-18(10-7-15)21-28-23(26)30-24(29-21)27-12-11-16-5-8-17-3-1-2-4-19(17)13-16/h1-10,13,20H,11-12,14,25H2,(H,31,32)(H3,26,27,28,29,30)/t20-/m0/s1. The Morgan fingerprint density at radius 1 is 0.938 bits per heavy atom. The van der Waals surface area contributed by atoms with Crippen molar-refractivity contribution in [3.05, 3.63) is 77.9 Å². The number of fused-ring (bicyclic) bond motifs is 1. The number of carboxylic acids is 1. The fourth-order valence-electron chi connectivity index (χ4n) is 3.44. The van der Waals surface area contributed by atoms with Crippen molar-refractivity contribution in [3.8, 4) is 11.4 Å². The van der Waals surface area contributed by atoms with E-state index in [2.05, 4.69) is 50.6 Å². The van der Waals surface area contributed by atoms with E-state index >= 15 is 0 Å². The van der Waals surface area contributed by atoms with Gasteiger partial charge >= 0.3 is 5.97 Å². The zero-order valence-electron chi connectivity index (χ0n) is 17.4. The molecule has 0 aliphatic heterocycles. The van der Waals surface area contributed by atoms with Gasteiger partial charge in [-0.3, -0.25) is 4.79 Å². The molecule has 0 radical (unpaired) electrons. The molecule has 1 atom stereocenters. The first-order valence-corrected chi connectivity index (χ1v) is 10.3. The number of carbonyl (C=O) groups is 1. The van der Waals surface area contributed by atoms with Crippen molar-refractivity contribution in [2.45, 2.75) is 18.9 Å². The molecule has 8 nitrogen and oxygen atoms in total. The Bertz CT molecular complexity index is 1240. The highest BCUT2D eigenvalue weighted by atomic mass is 16.4. The zero-order chi connectivity index (χ0) is 22.5. The summed E-state index contributed by atoms with van der Waals surface area (Å²) in [6, 6.07) is 21.0. The molecule has 1 heterocycles. The van der Waals surface area contributed by atoms with E-state index in [0.29, 0.717) is 18.3 Å². The Morgan fingerprint density at radius 2 is 1.66 bits per heavy atom. The molecule has 0 aliphatic rings. The van der Waals surface area contributed by atoms with Gasteiger partial charge < -0.3 is 21.9 Å². The van der Waals surface area contributed by atoms with Crippen LogP contribution in [0.1, 0.15) is 11.1 Å². The van der Waals surface area contributed by atoms with Gasteiger partial charge in [0.25, 0.3) is 0 Å². The van der Waals surface area contributed by atoms with Crippen LogP contribution in [0, 0.1) is 0 Å². The molecular formula is C24H24N6O2. The van der Waals surface area contributed by atoms with Crippen molar-refractivity contribution in [1.82, 2.24) is 15.0 Å². The van der Waals surface area contributed by atoms with Crippen LogP contribution in [0.5, 0.6) is 0 Å². The third kappa shape index (κ3) is 5.16. The molecule has 0 spiro atoms. The van der Waals surface area contributed by atoms with Crippen LogP contribution in [-0.4, -0.2) is 38.6 Å².